The topological polar surface area (TPSA) is 35.2 Å². The Kier molecular flexibility index (Phi) is 3.25. The molecule has 0 radical (unpaired) electrons. The molecule has 19 heavy (non-hydrogen) atoms. The zero-order valence-corrected chi connectivity index (χ0v) is 11.5. The van der Waals surface area contributed by atoms with Crippen LogP contribution in [0.5, 0.6) is 5.75 Å². The van der Waals surface area contributed by atoms with Gasteiger partial charge in [0.1, 0.15) is 17.7 Å². The lowest BCUT2D eigenvalue weighted by Crippen LogP contribution is -2.46. The van der Waals surface area contributed by atoms with Crippen LogP contribution in [0.25, 0.3) is 0 Å². The average Bonchev–Trinajstić information content (AvgIpc) is 2.74. The first-order valence-corrected chi connectivity index (χ1v) is 7.28. The van der Waals surface area contributed by atoms with Gasteiger partial charge < -0.3 is 10.5 Å². The minimum Gasteiger partial charge on any atom is -0.490 e. The van der Waals surface area contributed by atoms with E-state index in [1.807, 2.05) is 0 Å². The molecule has 2 nitrogen and oxygen atoms in total. The van der Waals surface area contributed by atoms with E-state index in [0.717, 1.165) is 42.9 Å². The van der Waals surface area contributed by atoms with E-state index in [2.05, 4.69) is 6.92 Å². The first kappa shape index (κ1) is 12.9. The number of nitrogens with two attached hydrogens (primary N) is 1. The molecule has 1 unspecified atom stereocenters. The van der Waals surface area contributed by atoms with Crippen LogP contribution < -0.4 is 10.5 Å². The van der Waals surface area contributed by atoms with Crippen LogP contribution in [0.2, 0.25) is 0 Å². The monoisotopic (exact) mass is 263 g/mol. The van der Waals surface area contributed by atoms with Gasteiger partial charge in [-0.15, -0.1) is 0 Å². The highest BCUT2D eigenvalue weighted by Gasteiger charge is 2.35. The second-order valence-corrected chi connectivity index (χ2v) is 6.45. The Bertz CT molecular complexity index is 466. The first-order chi connectivity index (χ1) is 9.04. The van der Waals surface area contributed by atoms with E-state index < -0.39 is 0 Å². The third kappa shape index (κ3) is 2.76. The molecule has 1 fully saturated rings. The van der Waals surface area contributed by atoms with E-state index in [0.29, 0.717) is 0 Å². The van der Waals surface area contributed by atoms with Gasteiger partial charge in [0.2, 0.25) is 0 Å². The number of halogens is 1. The molecule has 1 saturated carbocycles. The van der Waals surface area contributed by atoms with Crippen LogP contribution in [-0.2, 0) is 6.42 Å². The van der Waals surface area contributed by atoms with Crippen LogP contribution in [0.1, 0.15) is 44.6 Å². The molecule has 0 amide bonds. The number of benzene rings is 1. The molecule has 0 bridgehead atoms. The van der Waals surface area contributed by atoms with Gasteiger partial charge in [0, 0.05) is 23.9 Å². The quantitative estimate of drug-likeness (QED) is 0.887. The average molecular weight is 263 g/mol. The highest BCUT2D eigenvalue weighted by Crippen LogP contribution is 2.37. The Hall–Kier alpha value is -1.09. The Morgan fingerprint density at radius 2 is 2.11 bits per heavy atom. The lowest BCUT2D eigenvalue weighted by atomic mass is 9.74. The van der Waals surface area contributed by atoms with Gasteiger partial charge in [-0.2, -0.15) is 0 Å². The van der Waals surface area contributed by atoms with Crippen molar-refractivity contribution in [3.8, 4) is 5.75 Å². The fourth-order valence-corrected chi connectivity index (χ4v) is 3.40. The highest BCUT2D eigenvalue weighted by atomic mass is 19.1. The van der Waals surface area contributed by atoms with E-state index >= 15 is 0 Å². The summed E-state index contributed by atoms with van der Waals surface area (Å²) in [5, 5.41) is 0. The van der Waals surface area contributed by atoms with Crippen LogP contribution in [0, 0.1) is 11.7 Å². The third-order valence-electron chi connectivity index (χ3n) is 4.67. The van der Waals surface area contributed by atoms with Crippen molar-refractivity contribution in [2.75, 3.05) is 0 Å². The van der Waals surface area contributed by atoms with Crippen molar-refractivity contribution < 1.29 is 9.13 Å². The van der Waals surface area contributed by atoms with E-state index in [1.54, 1.807) is 12.1 Å². The highest BCUT2D eigenvalue weighted by molar-refractivity contribution is 5.38. The molecule has 2 aliphatic rings. The molecule has 1 atom stereocenters. The second kappa shape index (κ2) is 4.78. The fourth-order valence-electron chi connectivity index (χ4n) is 3.40. The zero-order chi connectivity index (χ0) is 13.5. The van der Waals surface area contributed by atoms with Gasteiger partial charge in [0.05, 0.1) is 0 Å². The number of fused-ring (bicyclic) bond motifs is 1. The van der Waals surface area contributed by atoms with Crippen molar-refractivity contribution in [3.63, 3.8) is 0 Å². The van der Waals surface area contributed by atoms with Gasteiger partial charge >= 0.3 is 0 Å². The fraction of sp³-hybridized carbons (Fsp3) is 0.625. The summed E-state index contributed by atoms with van der Waals surface area (Å²) < 4.78 is 19.1. The first-order valence-electron chi connectivity index (χ1n) is 7.28. The van der Waals surface area contributed by atoms with Crippen LogP contribution in [-0.4, -0.2) is 11.6 Å². The molecule has 1 heterocycles. The van der Waals surface area contributed by atoms with E-state index in [1.165, 1.54) is 18.9 Å². The normalized spacial score (nSPS) is 33.8. The van der Waals surface area contributed by atoms with Crippen LogP contribution in [0.4, 0.5) is 4.39 Å². The van der Waals surface area contributed by atoms with Gasteiger partial charge in [-0.3, -0.25) is 0 Å². The van der Waals surface area contributed by atoms with Crippen LogP contribution in [0.15, 0.2) is 18.2 Å². The number of hydrogen-bond acceptors (Lipinski definition) is 2. The predicted molar refractivity (Wildman–Crippen MR) is 73.7 cm³/mol. The van der Waals surface area contributed by atoms with Crippen molar-refractivity contribution >= 4 is 0 Å². The summed E-state index contributed by atoms with van der Waals surface area (Å²) in [4.78, 5) is 0. The predicted octanol–water partition coefficient (Wildman–Crippen LogP) is 3.43. The molecule has 104 valence electrons. The zero-order valence-electron chi connectivity index (χ0n) is 11.5. The largest absolute Gasteiger partial charge is 0.490 e. The minimum atomic E-state index is -0.183. The molecule has 2 N–H and O–H groups in total. The van der Waals surface area contributed by atoms with Gasteiger partial charge in [-0.25, -0.2) is 4.39 Å². The standard InChI is InChI=1S/C16H22FNO/c1-11-4-6-16(18,7-5-11)10-14-9-12-8-13(17)2-3-15(12)19-14/h2-3,8,11,14H,4-7,9-10,18H2,1H3. The molecule has 3 heteroatoms. The number of hydrogen-bond donors (Lipinski definition) is 1. The SMILES string of the molecule is CC1CCC(N)(CC2Cc3cc(F)ccc3O2)CC1. The number of ether oxygens (including phenoxy) is 1. The van der Waals surface area contributed by atoms with E-state index in [-0.39, 0.29) is 17.5 Å². The molecule has 1 aromatic rings. The van der Waals surface area contributed by atoms with Gasteiger partial charge in [0.15, 0.2) is 0 Å². The summed E-state index contributed by atoms with van der Waals surface area (Å²) in [5.41, 5.74) is 7.41. The molecule has 0 aromatic heterocycles. The molecule has 0 spiro atoms. The van der Waals surface area contributed by atoms with Gasteiger partial charge in [-0.05, 0) is 49.8 Å². The maximum Gasteiger partial charge on any atom is 0.123 e. The molecule has 3 rings (SSSR count). The molecular weight excluding hydrogens is 241 g/mol. The Morgan fingerprint density at radius 1 is 1.37 bits per heavy atom. The maximum atomic E-state index is 13.2. The van der Waals surface area contributed by atoms with Crippen molar-refractivity contribution in [1.82, 2.24) is 0 Å². The van der Waals surface area contributed by atoms with E-state index in [4.69, 9.17) is 10.5 Å². The van der Waals surface area contributed by atoms with Crippen molar-refractivity contribution in [1.29, 1.82) is 0 Å². The van der Waals surface area contributed by atoms with Gasteiger partial charge in [0.25, 0.3) is 0 Å². The smallest absolute Gasteiger partial charge is 0.123 e. The summed E-state index contributed by atoms with van der Waals surface area (Å²) in [7, 11) is 0. The molecule has 0 saturated heterocycles. The summed E-state index contributed by atoms with van der Waals surface area (Å²) in [6, 6.07) is 4.78. The Balaban J connectivity index is 1.64. The molecule has 1 aliphatic heterocycles. The molecule has 1 aliphatic carbocycles. The maximum absolute atomic E-state index is 13.2. The van der Waals surface area contributed by atoms with E-state index in [9.17, 15) is 4.39 Å². The van der Waals surface area contributed by atoms with Crippen molar-refractivity contribution in [2.45, 2.75) is 57.1 Å². The van der Waals surface area contributed by atoms with Crippen molar-refractivity contribution in [2.24, 2.45) is 11.7 Å². The summed E-state index contributed by atoms with van der Waals surface area (Å²) in [6.45, 7) is 2.30. The third-order valence-corrected chi connectivity index (χ3v) is 4.67. The second-order valence-electron chi connectivity index (χ2n) is 6.45. The van der Waals surface area contributed by atoms with Crippen LogP contribution in [0.3, 0.4) is 0 Å². The van der Waals surface area contributed by atoms with Gasteiger partial charge in [-0.1, -0.05) is 6.92 Å². The Morgan fingerprint density at radius 3 is 2.84 bits per heavy atom. The van der Waals surface area contributed by atoms with Crippen LogP contribution >= 0.6 is 0 Å². The summed E-state index contributed by atoms with van der Waals surface area (Å²) in [6.07, 6.45) is 6.39. The molecule has 1 aromatic carbocycles. The number of rotatable bonds is 2. The van der Waals surface area contributed by atoms with Crippen molar-refractivity contribution in [3.05, 3.63) is 29.6 Å². The summed E-state index contributed by atoms with van der Waals surface area (Å²) >= 11 is 0. The summed E-state index contributed by atoms with van der Waals surface area (Å²) in [5.74, 6) is 1.45. The lowest BCUT2D eigenvalue weighted by molar-refractivity contribution is 0.142. The lowest BCUT2D eigenvalue weighted by Gasteiger charge is -2.37. The Labute approximate surface area is 114 Å². The minimum absolute atomic E-state index is 0.0856. The molecular formula is C16H22FNO.